The van der Waals surface area contributed by atoms with Gasteiger partial charge in [-0.1, -0.05) is 40.5 Å². The number of amidine groups is 1. The quantitative estimate of drug-likeness (QED) is 0.871. The van der Waals surface area contributed by atoms with E-state index < -0.39 is 0 Å². The van der Waals surface area contributed by atoms with Crippen molar-refractivity contribution >= 4 is 38.5 Å². The van der Waals surface area contributed by atoms with Gasteiger partial charge >= 0.3 is 0 Å². The Labute approximate surface area is 126 Å². The number of benzene rings is 1. The Morgan fingerprint density at radius 2 is 2.11 bits per heavy atom. The van der Waals surface area contributed by atoms with E-state index in [-0.39, 0.29) is 5.54 Å². The maximum Gasteiger partial charge on any atom is 0.161 e. The fraction of sp³-hybridized carbons (Fsp3) is 0.500. The van der Waals surface area contributed by atoms with Gasteiger partial charge in [-0.05, 0) is 25.0 Å². The first-order valence-electron chi connectivity index (χ1n) is 6.53. The molecule has 0 radical (unpaired) electrons. The summed E-state index contributed by atoms with van der Waals surface area (Å²) in [6, 6.07) is 5.99. The second-order valence-corrected chi connectivity index (χ2v) is 7.02. The second-order valence-electron chi connectivity index (χ2n) is 5.14. The summed E-state index contributed by atoms with van der Waals surface area (Å²) in [5.41, 5.74) is 1.25. The van der Waals surface area contributed by atoms with Gasteiger partial charge in [0.05, 0.1) is 12.6 Å². The molecule has 0 aromatic heterocycles. The first-order valence-corrected chi connectivity index (χ1v) is 8.31. The summed E-state index contributed by atoms with van der Waals surface area (Å²) in [7, 11) is 1.68. The molecule has 0 unspecified atom stereocenters. The van der Waals surface area contributed by atoms with Gasteiger partial charge in [0.1, 0.15) is 5.75 Å². The molecular weight excluding hydrogens is 324 g/mol. The molecule has 19 heavy (non-hydrogen) atoms. The van der Waals surface area contributed by atoms with Gasteiger partial charge in [-0.2, -0.15) is 0 Å². The summed E-state index contributed by atoms with van der Waals surface area (Å²) < 4.78 is 6.28. The van der Waals surface area contributed by atoms with Gasteiger partial charge in [0.15, 0.2) is 5.17 Å². The van der Waals surface area contributed by atoms with Crippen LogP contribution in [0.25, 0.3) is 0 Å². The topological polar surface area (TPSA) is 33.6 Å². The van der Waals surface area contributed by atoms with E-state index in [2.05, 4.69) is 21.2 Å². The largest absolute Gasteiger partial charge is 0.497 e. The van der Waals surface area contributed by atoms with Gasteiger partial charge in [0, 0.05) is 22.0 Å². The third-order valence-corrected chi connectivity index (χ3v) is 5.32. The minimum atomic E-state index is 0.225. The lowest BCUT2D eigenvalue weighted by Gasteiger charge is -2.16. The van der Waals surface area contributed by atoms with Crippen molar-refractivity contribution in [1.29, 1.82) is 0 Å². The van der Waals surface area contributed by atoms with E-state index in [1.165, 1.54) is 25.7 Å². The molecule has 1 fully saturated rings. The number of nitrogens with zero attached hydrogens (tertiary/aromatic N) is 1. The molecule has 0 saturated heterocycles. The van der Waals surface area contributed by atoms with Crippen LogP contribution in [0.2, 0.25) is 0 Å². The van der Waals surface area contributed by atoms with Crippen LogP contribution in [0.3, 0.4) is 0 Å². The second kappa shape index (κ2) is 5.37. The molecule has 5 heteroatoms. The maximum absolute atomic E-state index is 5.28. The summed E-state index contributed by atoms with van der Waals surface area (Å²) in [6.45, 7) is 0. The van der Waals surface area contributed by atoms with Crippen molar-refractivity contribution in [3.63, 3.8) is 0 Å². The zero-order valence-corrected chi connectivity index (χ0v) is 13.3. The lowest BCUT2D eigenvalue weighted by atomic mass is 10.0. The Morgan fingerprint density at radius 3 is 2.84 bits per heavy atom. The summed E-state index contributed by atoms with van der Waals surface area (Å²) in [6.07, 6.45) is 5.13. The lowest BCUT2D eigenvalue weighted by molar-refractivity contribution is 0.415. The van der Waals surface area contributed by atoms with E-state index in [4.69, 9.17) is 9.73 Å². The number of thioether (sulfide) groups is 1. The maximum atomic E-state index is 5.28. The minimum absolute atomic E-state index is 0.225. The Morgan fingerprint density at radius 1 is 1.32 bits per heavy atom. The van der Waals surface area contributed by atoms with Crippen LogP contribution in [0.4, 0.5) is 5.69 Å². The molecule has 1 N–H and O–H groups in total. The van der Waals surface area contributed by atoms with E-state index >= 15 is 0 Å². The van der Waals surface area contributed by atoms with Crippen molar-refractivity contribution in [2.75, 3.05) is 18.2 Å². The number of rotatable bonds is 2. The Hall–Kier alpha value is -0.680. The number of methoxy groups -OCH3 is 1. The molecule has 3 rings (SSSR count). The third-order valence-electron chi connectivity index (χ3n) is 3.71. The van der Waals surface area contributed by atoms with Crippen LogP contribution in [0, 0.1) is 0 Å². The molecule has 102 valence electrons. The molecule has 1 heterocycles. The first kappa shape index (κ1) is 13.3. The molecule has 0 bridgehead atoms. The average Bonchev–Trinajstić information content (AvgIpc) is 3.00. The Kier molecular flexibility index (Phi) is 3.76. The molecule has 1 saturated carbocycles. The molecule has 1 aliphatic carbocycles. The number of hydrogen-bond donors (Lipinski definition) is 1. The minimum Gasteiger partial charge on any atom is -0.497 e. The molecule has 1 aliphatic heterocycles. The fourth-order valence-corrected chi connectivity index (χ4v) is 4.39. The van der Waals surface area contributed by atoms with E-state index in [0.717, 1.165) is 26.8 Å². The fourth-order valence-electron chi connectivity index (χ4n) is 2.71. The number of aliphatic imine (C=N–C) groups is 1. The van der Waals surface area contributed by atoms with Gasteiger partial charge in [0.25, 0.3) is 0 Å². The zero-order valence-electron chi connectivity index (χ0n) is 10.9. The summed E-state index contributed by atoms with van der Waals surface area (Å²) >= 11 is 5.33. The van der Waals surface area contributed by atoms with Gasteiger partial charge < -0.3 is 10.1 Å². The van der Waals surface area contributed by atoms with Crippen LogP contribution >= 0.6 is 27.7 Å². The number of halogens is 1. The highest BCUT2D eigenvalue weighted by molar-refractivity contribution is 9.10. The van der Waals surface area contributed by atoms with Gasteiger partial charge in [-0.25, -0.2) is 0 Å². The van der Waals surface area contributed by atoms with E-state index in [1.807, 2.05) is 30.0 Å². The zero-order chi connectivity index (χ0) is 13.3. The average molecular weight is 341 g/mol. The molecule has 1 aromatic rings. The van der Waals surface area contributed by atoms with E-state index in [1.54, 1.807) is 7.11 Å². The summed E-state index contributed by atoms with van der Waals surface area (Å²) in [5, 5.41) is 4.45. The van der Waals surface area contributed by atoms with Crippen LogP contribution in [0.15, 0.2) is 27.7 Å². The molecule has 3 nitrogen and oxygen atoms in total. The lowest BCUT2D eigenvalue weighted by Crippen LogP contribution is -2.21. The van der Waals surface area contributed by atoms with E-state index in [9.17, 15) is 0 Å². The number of hydrogen-bond acceptors (Lipinski definition) is 4. The van der Waals surface area contributed by atoms with E-state index in [0.29, 0.717) is 0 Å². The highest BCUT2D eigenvalue weighted by Crippen LogP contribution is 2.41. The normalized spacial score (nSPS) is 20.6. The molecule has 0 amide bonds. The molecule has 2 aliphatic rings. The van der Waals surface area contributed by atoms with Crippen LogP contribution in [0.1, 0.15) is 25.7 Å². The highest BCUT2D eigenvalue weighted by atomic mass is 79.9. The van der Waals surface area contributed by atoms with Crippen LogP contribution in [0.5, 0.6) is 5.75 Å². The monoisotopic (exact) mass is 340 g/mol. The van der Waals surface area contributed by atoms with Crippen LogP contribution in [-0.2, 0) is 0 Å². The van der Waals surface area contributed by atoms with Crippen molar-refractivity contribution < 1.29 is 4.74 Å². The Balaban J connectivity index is 1.77. The molecule has 1 spiro atoms. The third kappa shape index (κ3) is 2.92. The standard InChI is InChI=1S/C14H17BrN2OS/c1-18-12-7-10(15)6-11(8-12)16-13-17-14(9-19-13)4-2-3-5-14/h6-8H,2-5,9H2,1H3,(H,16,17). The number of nitrogens with one attached hydrogen (secondary N) is 1. The van der Waals surface area contributed by atoms with Crippen molar-refractivity contribution in [3.05, 3.63) is 22.7 Å². The van der Waals surface area contributed by atoms with Crippen LogP contribution in [-0.4, -0.2) is 23.6 Å². The smallest absolute Gasteiger partial charge is 0.161 e. The Bertz CT molecular complexity index is 512. The molecule has 1 aromatic carbocycles. The highest BCUT2D eigenvalue weighted by Gasteiger charge is 2.38. The van der Waals surface area contributed by atoms with Crippen molar-refractivity contribution in [2.24, 2.45) is 4.99 Å². The van der Waals surface area contributed by atoms with Crippen molar-refractivity contribution in [1.82, 2.24) is 0 Å². The van der Waals surface area contributed by atoms with Gasteiger partial charge in [-0.15, -0.1) is 0 Å². The van der Waals surface area contributed by atoms with Crippen molar-refractivity contribution in [3.8, 4) is 5.75 Å². The van der Waals surface area contributed by atoms with Gasteiger partial charge in [-0.3, -0.25) is 4.99 Å². The first-order chi connectivity index (χ1) is 9.19. The summed E-state index contributed by atoms with van der Waals surface area (Å²) in [5.74, 6) is 1.97. The molecular formula is C14H17BrN2OS. The number of anilines is 1. The summed E-state index contributed by atoms with van der Waals surface area (Å²) in [4.78, 5) is 4.91. The predicted molar refractivity (Wildman–Crippen MR) is 85.4 cm³/mol. The molecule has 0 atom stereocenters. The SMILES string of the molecule is COc1cc(Br)cc(NC2=NC3(CCCC3)CS2)c1. The van der Waals surface area contributed by atoms with Crippen molar-refractivity contribution in [2.45, 2.75) is 31.2 Å². The predicted octanol–water partition coefficient (Wildman–Crippen LogP) is 4.29. The van der Waals surface area contributed by atoms with Crippen LogP contribution < -0.4 is 10.1 Å². The van der Waals surface area contributed by atoms with Gasteiger partial charge in [0.2, 0.25) is 0 Å². The number of ether oxygens (including phenoxy) is 1.